The summed E-state index contributed by atoms with van der Waals surface area (Å²) in [5.41, 5.74) is 0. The minimum Gasteiger partial charge on any atom is -0.0776 e. The summed E-state index contributed by atoms with van der Waals surface area (Å²) in [7, 11) is 0.605. The van der Waals surface area contributed by atoms with Crippen molar-refractivity contribution in [1.82, 2.24) is 0 Å². The first-order chi connectivity index (χ1) is 2.00. The van der Waals surface area contributed by atoms with E-state index in [1.807, 2.05) is 0 Å². The first-order valence-corrected chi connectivity index (χ1v) is 4.00. The molecule has 1 aliphatic heterocycles. The van der Waals surface area contributed by atoms with Gasteiger partial charge in [-0.1, -0.05) is 25.9 Å². The van der Waals surface area contributed by atoms with E-state index in [0.29, 0.717) is 9.52 Å². The zero-order chi connectivity index (χ0) is 2.83. The maximum Gasteiger partial charge on any atom is 0.0197 e. The molecule has 1 saturated heterocycles. The van der Waals surface area contributed by atoms with Crippen LogP contribution in [-0.2, 0) is 0 Å². The molecule has 5 heavy (non-hydrogen) atoms. The molecule has 0 atom stereocenters. The Balaban J connectivity index is 0.000000160. The summed E-state index contributed by atoms with van der Waals surface area (Å²) in [5.74, 6) is 0. The zero-order valence-corrected chi connectivity index (χ0v) is 4.24. The highest BCUT2D eigenvalue weighted by atomic mass is 28.2. The third kappa shape index (κ3) is 1.17. The van der Waals surface area contributed by atoms with Gasteiger partial charge in [-0.2, -0.15) is 0 Å². The van der Waals surface area contributed by atoms with E-state index in [1.54, 1.807) is 18.5 Å². The highest BCUT2D eigenvalue weighted by molar-refractivity contribution is 6.38. The molecule has 0 amide bonds. The van der Waals surface area contributed by atoms with Gasteiger partial charge in [-0.05, 0) is 0 Å². The number of hydrogen-bond acceptors (Lipinski definition) is 0. The van der Waals surface area contributed by atoms with Crippen molar-refractivity contribution in [3.8, 4) is 0 Å². The molecule has 1 heterocycles. The zero-order valence-electron chi connectivity index (χ0n) is 2.83. The summed E-state index contributed by atoms with van der Waals surface area (Å²) < 4.78 is 0. The Kier molecular flexibility index (Phi) is 2.56. The topological polar surface area (TPSA) is 0 Å². The second-order valence-corrected chi connectivity index (χ2v) is 3.54. The van der Waals surface area contributed by atoms with Gasteiger partial charge in [0.25, 0.3) is 0 Å². The summed E-state index contributed by atoms with van der Waals surface area (Å²) in [4.78, 5) is 0. The van der Waals surface area contributed by atoms with E-state index in [2.05, 4.69) is 0 Å². The Morgan fingerprint density at radius 1 is 1.20 bits per heavy atom. The van der Waals surface area contributed by atoms with Crippen LogP contribution in [0.15, 0.2) is 0 Å². The van der Waals surface area contributed by atoms with Crippen molar-refractivity contribution in [3.63, 3.8) is 0 Å². The second kappa shape index (κ2) is 2.45. The van der Waals surface area contributed by atoms with Crippen molar-refractivity contribution < 1.29 is 0 Å². The Hall–Kier alpha value is 0.217. The van der Waals surface area contributed by atoms with Crippen LogP contribution in [0.25, 0.3) is 0 Å². The molecule has 0 aromatic heterocycles. The maximum atomic E-state index is 1.64. The minimum absolute atomic E-state index is 0. The van der Waals surface area contributed by atoms with Gasteiger partial charge in [-0.15, -0.1) is 0 Å². The van der Waals surface area contributed by atoms with Crippen molar-refractivity contribution in [2.45, 2.75) is 25.9 Å². The van der Waals surface area contributed by atoms with Crippen LogP contribution < -0.4 is 0 Å². The van der Waals surface area contributed by atoms with Crippen LogP contribution in [0.4, 0.5) is 0 Å². The normalized spacial score (nSPS) is 19.2. The van der Waals surface area contributed by atoms with E-state index in [0.717, 1.165) is 0 Å². The lowest BCUT2D eigenvalue weighted by Crippen LogP contribution is -1.98. The molecule has 1 heteroatoms. The van der Waals surface area contributed by atoms with E-state index in [9.17, 15) is 0 Å². The van der Waals surface area contributed by atoms with Gasteiger partial charge in [-0.3, -0.25) is 0 Å². The molecule has 0 unspecified atom stereocenters. The molecule has 0 radical (unpaired) electrons. The fraction of sp³-hybridized carbons (Fsp3) is 1.00. The molecule has 0 saturated carbocycles. The van der Waals surface area contributed by atoms with Crippen LogP contribution >= 0.6 is 0 Å². The fourth-order valence-corrected chi connectivity index (χ4v) is 0.750. The largest absolute Gasteiger partial charge is 0.0776 e. The average molecular weight is 88.2 g/mol. The van der Waals surface area contributed by atoms with Crippen LogP contribution in [0, 0.1) is 0 Å². The summed E-state index contributed by atoms with van der Waals surface area (Å²) in [6, 6.07) is 3.28. The summed E-state index contributed by atoms with van der Waals surface area (Å²) in [6.07, 6.45) is 1.56. The minimum atomic E-state index is 0. The lowest BCUT2D eigenvalue weighted by molar-refractivity contribution is 0.971. The van der Waals surface area contributed by atoms with Gasteiger partial charge in [0, 0.05) is 9.52 Å². The Morgan fingerprint density at radius 3 is 1.40 bits per heavy atom. The smallest absolute Gasteiger partial charge is 0.0197 e. The third-order valence-corrected chi connectivity index (χ3v) is 3.00. The average Bonchev–Trinajstić information content (AvgIpc) is 0.722. The second-order valence-electron chi connectivity index (χ2n) is 1.41. The number of rotatable bonds is 0. The van der Waals surface area contributed by atoms with Crippen molar-refractivity contribution >= 4 is 9.52 Å². The monoisotopic (exact) mass is 88.1 g/mol. The van der Waals surface area contributed by atoms with Crippen LogP contribution in [0.1, 0.15) is 13.8 Å². The molecule has 1 aliphatic rings. The highest BCUT2D eigenvalue weighted by Gasteiger charge is 1.96. The molecule has 0 aliphatic carbocycles. The van der Waals surface area contributed by atoms with E-state index < -0.39 is 0 Å². The Labute approximate surface area is 36.4 Å². The van der Waals surface area contributed by atoms with Crippen LogP contribution in [0.5, 0.6) is 0 Å². The standard InChI is InChI=1S/C3H8Si.CH4/c1-2-4-3-1;/h1-4H2;1H4. The molecule has 32 valence electrons. The van der Waals surface area contributed by atoms with Gasteiger partial charge in [0.2, 0.25) is 0 Å². The van der Waals surface area contributed by atoms with Gasteiger partial charge in [0.1, 0.15) is 0 Å². The Bertz CT molecular complexity index is 11.6. The fourth-order valence-electron chi connectivity index (χ4n) is 0.250. The highest BCUT2D eigenvalue weighted by Crippen LogP contribution is 2.07. The van der Waals surface area contributed by atoms with Gasteiger partial charge in [-0.25, -0.2) is 0 Å². The lowest BCUT2D eigenvalue weighted by Gasteiger charge is -2.04. The molecule has 1 rings (SSSR count). The molecule has 0 aromatic rings. The van der Waals surface area contributed by atoms with Crippen molar-refractivity contribution in [2.75, 3.05) is 0 Å². The van der Waals surface area contributed by atoms with Gasteiger partial charge >= 0.3 is 0 Å². The van der Waals surface area contributed by atoms with E-state index >= 15 is 0 Å². The van der Waals surface area contributed by atoms with Crippen LogP contribution in [-0.4, -0.2) is 9.52 Å². The molecular formula is C4H12Si. The third-order valence-electron chi connectivity index (χ3n) is 1.000. The lowest BCUT2D eigenvalue weighted by atomic mass is 10.5. The van der Waals surface area contributed by atoms with Gasteiger partial charge < -0.3 is 0 Å². The molecule has 0 N–H and O–H groups in total. The molecule has 0 aromatic carbocycles. The van der Waals surface area contributed by atoms with Crippen molar-refractivity contribution in [1.29, 1.82) is 0 Å². The van der Waals surface area contributed by atoms with E-state index in [1.165, 1.54) is 0 Å². The molecular weight excluding hydrogens is 76.1 g/mol. The molecule has 0 nitrogen and oxygen atoms in total. The van der Waals surface area contributed by atoms with Gasteiger partial charge in [0.05, 0.1) is 0 Å². The molecule has 0 spiro atoms. The quantitative estimate of drug-likeness (QED) is 0.388. The molecule has 1 fully saturated rings. The number of hydrogen-bond donors (Lipinski definition) is 0. The summed E-state index contributed by atoms with van der Waals surface area (Å²) in [5, 5.41) is 0. The van der Waals surface area contributed by atoms with E-state index in [4.69, 9.17) is 0 Å². The van der Waals surface area contributed by atoms with Crippen LogP contribution in [0.2, 0.25) is 12.1 Å². The van der Waals surface area contributed by atoms with Crippen LogP contribution in [0.3, 0.4) is 0 Å². The first kappa shape index (κ1) is 5.22. The molecule has 0 bridgehead atoms. The predicted octanol–water partition coefficient (Wildman–Crippen LogP) is 1.03. The van der Waals surface area contributed by atoms with Crippen molar-refractivity contribution in [2.24, 2.45) is 0 Å². The summed E-state index contributed by atoms with van der Waals surface area (Å²) >= 11 is 0. The first-order valence-electron chi connectivity index (χ1n) is 2.00. The SMILES string of the molecule is C.C1C[SiH2]C1. The van der Waals surface area contributed by atoms with Crippen molar-refractivity contribution in [3.05, 3.63) is 0 Å². The summed E-state index contributed by atoms with van der Waals surface area (Å²) in [6.45, 7) is 0. The van der Waals surface area contributed by atoms with E-state index in [-0.39, 0.29) is 7.43 Å². The Morgan fingerprint density at radius 2 is 1.40 bits per heavy atom. The predicted molar refractivity (Wildman–Crippen MR) is 29.5 cm³/mol. The van der Waals surface area contributed by atoms with Gasteiger partial charge in [0.15, 0.2) is 0 Å². The maximum absolute atomic E-state index is 1.64.